The van der Waals surface area contributed by atoms with Crippen molar-refractivity contribution in [1.29, 1.82) is 0 Å². The minimum atomic E-state index is -4.93. The third-order valence-electron chi connectivity index (χ3n) is 4.52. The smallest absolute Gasteiger partial charge is 0.406 e. The van der Waals surface area contributed by atoms with Crippen molar-refractivity contribution in [2.24, 2.45) is 5.41 Å². The van der Waals surface area contributed by atoms with Crippen molar-refractivity contribution in [3.63, 3.8) is 0 Å². The molecule has 1 aliphatic rings. The van der Waals surface area contributed by atoms with E-state index in [1.807, 2.05) is 11.4 Å². The van der Waals surface area contributed by atoms with Gasteiger partial charge >= 0.3 is 12.1 Å². The molecule has 140 valence electrons. The van der Waals surface area contributed by atoms with Crippen LogP contribution in [0.25, 0.3) is 10.8 Å². The zero-order valence-corrected chi connectivity index (χ0v) is 14.5. The molecule has 3 rings (SSSR count). The molecular formula is C16H15F3N2O4S. The summed E-state index contributed by atoms with van der Waals surface area (Å²) in [6.07, 6.45) is -5.83. The lowest BCUT2D eigenvalue weighted by Crippen LogP contribution is -2.47. The first-order valence-electron chi connectivity index (χ1n) is 7.72. The SMILES string of the molecule is Cc1oc(-c2cccs2)nc1CC(=O)N1CCC(C(=O)O)(C(F)(F)F)C1. The highest BCUT2D eigenvalue weighted by molar-refractivity contribution is 7.13. The average molecular weight is 388 g/mol. The van der Waals surface area contributed by atoms with Crippen LogP contribution in [0.5, 0.6) is 0 Å². The number of aryl methyl sites for hydroxylation is 1. The third kappa shape index (κ3) is 3.09. The zero-order valence-electron chi connectivity index (χ0n) is 13.7. The van der Waals surface area contributed by atoms with E-state index < -0.39 is 36.4 Å². The van der Waals surface area contributed by atoms with Gasteiger partial charge in [-0.05, 0) is 24.8 Å². The fourth-order valence-electron chi connectivity index (χ4n) is 2.90. The maximum atomic E-state index is 13.2. The molecule has 1 saturated heterocycles. The van der Waals surface area contributed by atoms with Crippen LogP contribution in [0.2, 0.25) is 0 Å². The van der Waals surface area contributed by atoms with E-state index in [4.69, 9.17) is 9.52 Å². The Balaban J connectivity index is 1.75. The number of carboxylic acid groups (broad SMARTS) is 1. The van der Waals surface area contributed by atoms with E-state index in [0.29, 0.717) is 17.3 Å². The molecule has 0 spiro atoms. The van der Waals surface area contributed by atoms with E-state index in [9.17, 15) is 22.8 Å². The van der Waals surface area contributed by atoms with Crippen molar-refractivity contribution in [1.82, 2.24) is 9.88 Å². The Kier molecular flexibility index (Phi) is 4.55. The molecule has 3 heterocycles. The van der Waals surface area contributed by atoms with Crippen molar-refractivity contribution in [2.45, 2.75) is 25.9 Å². The number of oxazole rings is 1. The molecule has 0 aliphatic carbocycles. The number of halogens is 3. The Morgan fingerprint density at radius 3 is 2.73 bits per heavy atom. The minimum absolute atomic E-state index is 0.242. The molecule has 1 N–H and O–H groups in total. The molecule has 0 aromatic carbocycles. The van der Waals surface area contributed by atoms with Gasteiger partial charge in [0.1, 0.15) is 5.76 Å². The zero-order chi connectivity index (χ0) is 19.1. The topological polar surface area (TPSA) is 83.6 Å². The Labute approximate surface area is 150 Å². The minimum Gasteiger partial charge on any atom is -0.481 e. The van der Waals surface area contributed by atoms with Crippen LogP contribution in [0.4, 0.5) is 13.2 Å². The lowest BCUT2D eigenvalue weighted by atomic mass is 9.86. The van der Waals surface area contributed by atoms with E-state index >= 15 is 0 Å². The number of alkyl halides is 3. The first-order chi connectivity index (χ1) is 12.1. The summed E-state index contributed by atoms with van der Waals surface area (Å²) in [5.41, 5.74) is -2.58. The first-order valence-corrected chi connectivity index (χ1v) is 8.60. The summed E-state index contributed by atoms with van der Waals surface area (Å²) in [6, 6.07) is 3.61. The number of rotatable bonds is 4. The molecule has 0 bridgehead atoms. The second-order valence-electron chi connectivity index (χ2n) is 6.13. The number of carbonyl (C=O) groups is 2. The summed E-state index contributed by atoms with van der Waals surface area (Å²) in [5.74, 6) is -1.82. The van der Waals surface area contributed by atoms with Crippen LogP contribution < -0.4 is 0 Å². The molecule has 10 heteroatoms. The highest BCUT2D eigenvalue weighted by Gasteiger charge is 2.64. The van der Waals surface area contributed by atoms with Gasteiger partial charge in [0.2, 0.25) is 11.8 Å². The van der Waals surface area contributed by atoms with Crippen LogP contribution in [-0.2, 0) is 16.0 Å². The van der Waals surface area contributed by atoms with Gasteiger partial charge in [-0.3, -0.25) is 9.59 Å². The van der Waals surface area contributed by atoms with E-state index in [1.165, 1.54) is 11.3 Å². The number of carbonyl (C=O) groups excluding carboxylic acids is 1. The Hall–Kier alpha value is -2.36. The summed E-state index contributed by atoms with van der Waals surface area (Å²) in [7, 11) is 0. The number of aromatic nitrogens is 1. The van der Waals surface area contributed by atoms with Crippen molar-refractivity contribution in [3.05, 3.63) is 29.0 Å². The highest BCUT2D eigenvalue weighted by atomic mass is 32.1. The fraction of sp³-hybridized carbons (Fsp3) is 0.438. The van der Waals surface area contributed by atoms with Gasteiger partial charge in [0.25, 0.3) is 0 Å². The third-order valence-corrected chi connectivity index (χ3v) is 5.38. The van der Waals surface area contributed by atoms with E-state index in [1.54, 1.807) is 13.0 Å². The molecule has 0 radical (unpaired) electrons. The number of hydrogen-bond donors (Lipinski definition) is 1. The number of amides is 1. The fourth-order valence-corrected chi connectivity index (χ4v) is 3.55. The van der Waals surface area contributed by atoms with Gasteiger partial charge in [-0.1, -0.05) is 6.07 Å². The predicted octanol–water partition coefficient (Wildman–Crippen LogP) is 3.12. The molecule has 1 amide bonds. The largest absolute Gasteiger partial charge is 0.481 e. The van der Waals surface area contributed by atoms with Crippen molar-refractivity contribution < 1.29 is 32.3 Å². The Morgan fingerprint density at radius 1 is 1.46 bits per heavy atom. The van der Waals surface area contributed by atoms with Crippen LogP contribution >= 0.6 is 11.3 Å². The van der Waals surface area contributed by atoms with Gasteiger partial charge in [-0.2, -0.15) is 13.2 Å². The lowest BCUT2D eigenvalue weighted by Gasteiger charge is -2.27. The molecule has 1 atom stereocenters. The molecule has 0 saturated carbocycles. The second-order valence-corrected chi connectivity index (χ2v) is 7.07. The second kappa shape index (κ2) is 6.42. The Morgan fingerprint density at radius 2 is 2.19 bits per heavy atom. The molecular weight excluding hydrogens is 373 g/mol. The molecule has 1 fully saturated rings. The summed E-state index contributed by atoms with van der Waals surface area (Å²) in [6.45, 7) is 0.465. The van der Waals surface area contributed by atoms with Crippen LogP contribution in [-0.4, -0.2) is 46.1 Å². The number of hydrogen-bond acceptors (Lipinski definition) is 5. The quantitative estimate of drug-likeness (QED) is 0.870. The maximum Gasteiger partial charge on any atom is 0.406 e. The molecule has 2 aromatic rings. The van der Waals surface area contributed by atoms with Crippen molar-refractivity contribution >= 4 is 23.2 Å². The van der Waals surface area contributed by atoms with E-state index in [-0.39, 0.29) is 13.0 Å². The molecule has 1 aliphatic heterocycles. The number of carboxylic acids is 1. The van der Waals surface area contributed by atoms with Crippen LogP contribution in [0.15, 0.2) is 21.9 Å². The van der Waals surface area contributed by atoms with Gasteiger partial charge in [0, 0.05) is 13.1 Å². The number of aliphatic carboxylic acids is 1. The highest BCUT2D eigenvalue weighted by Crippen LogP contribution is 2.45. The summed E-state index contributed by atoms with van der Waals surface area (Å²) < 4.78 is 45.1. The van der Waals surface area contributed by atoms with Gasteiger partial charge < -0.3 is 14.4 Å². The van der Waals surface area contributed by atoms with Crippen LogP contribution in [0, 0.1) is 12.3 Å². The normalized spacial score (nSPS) is 20.5. The molecule has 6 nitrogen and oxygen atoms in total. The van der Waals surface area contributed by atoms with Crippen LogP contribution in [0.3, 0.4) is 0 Å². The monoisotopic (exact) mass is 388 g/mol. The number of likely N-dealkylation sites (tertiary alicyclic amines) is 1. The van der Waals surface area contributed by atoms with Gasteiger partial charge in [0.05, 0.1) is 17.0 Å². The predicted molar refractivity (Wildman–Crippen MR) is 85.6 cm³/mol. The summed E-state index contributed by atoms with van der Waals surface area (Å²) in [4.78, 5) is 29.5. The van der Waals surface area contributed by atoms with Crippen molar-refractivity contribution in [2.75, 3.05) is 13.1 Å². The summed E-state index contributed by atoms with van der Waals surface area (Å²) in [5, 5.41) is 10.9. The lowest BCUT2D eigenvalue weighted by molar-refractivity contribution is -0.227. The number of thiophene rings is 1. The van der Waals surface area contributed by atoms with Gasteiger partial charge in [0.15, 0.2) is 5.41 Å². The Bertz CT molecular complexity index is 831. The van der Waals surface area contributed by atoms with E-state index in [2.05, 4.69) is 4.98 Å². The average Bonchev–Trinajstić information content (AvgIpc) is 3.25. The standard InChI is InChI=1S/C16H15F3N2O4S/c1-9-10(20-13(25-9)11-3-2-6-26-11)7-12(22)21-5-4-15(8-21,14(23)24)16(17,18)19/h2-3,6H,4-5,7-8H2,1H3,(H,23,24). The van der Waals surface area contributed by atoms with E-state index in [0.717, 1.165) is 9.78 Å². The van der Waals surface area contributed by atoms with Crippen LogP contribution in [0.1, 0.15) is 17.9 Å². The van der Waals surface area contributed by atoms with Gasteiger partial charge in [-0.15, -0.1) is 11.3 Å². The summed E-state index contributed by atoms with van der Waals surface area (Å²) >= 11 is 1.41. The first kappa shape index (κ1) is 18.4. The molecule has 2 aromatic heterocycles. The molecule has 1 unspecified atom stereocenters. The van der Waals surface area contributed by atoms with Gasteiger partial charge in [-0.25, -0.2) is 4.98 Å². The van der Waals surface area contributed by atoms with Crippen molar-refractivity contribution in [3.8, 4) is 10.8 Å². The maximum absolute atomic E-state index is 13.2. The molecule has 26 heavy (non-hydrogen) atoms. The number of nitrogens with zero attached hydrogens (tertiary/aromatic N) is 2.